The summed E-state index contributed by atoms with van der Waals surface area (Å²) in [5.74, 6) is 0.173. The van der Waals surface area contributed by atoms with E-state index in [1.165, 1.54) is 4.90 Å². The molecule has 1 saturated heterocycles. The fourth-order valence-corrected chi connectivity index (χ4v) is 1.71. The molecule has 16 heavy (non-hydrogen) atoms. The Morgan fingerprint density at radius 3 is 2.62 bits per heavy atom. The minimum Gasteiger partial charge on any atom is -0.328 e. The van der Waals surface area contributed by atoms with Crippen molar-refractivity contribution in [2.45, 2.75) is 19.8 Å². The number of nitrogens with one attached hydrogen (secondary N) is 1. The first-order chi connectivity index (χ1) is 7.59. The van der Waals surface area contributed by atoms with E-state index in [0.29, 0.717) is 11.6 Å². The van der Waals surface area contributed by atoms with Gasteiger partial charge in [0.15, 0.2) is 0 Å². The van der Waals surface area contributed by atoms with Crippen molar-refractivity contribution >= 4 is 17.6 Å². The van der Waals surface area contributed by atoms with Crippen molar-refractivity contribution in [1.82, 2.24) is 5.32 Å². The smallest absolute Gasteiger partial charge is 0.328 e. The zero-order valence-electron chi connectivity index (χ0n) is 9.36. The number of carbonyl (C=O) groups is 2. The summed E-state index contributed by atoms with van der Waals surface area (Å²) in [5, 5.41) is 2.50. The molecule has 0 saturated carbocycles. The lowest BCUT2D eigenvalue weighted by Gasteiger charge is -2.14. The monoisotopic (exact) mass is 218 g/mol. The number of anilines is 1. The van der Waals surface area contributed by atoms with Crippen molar-refractivity contribution in [1.29, 1.82) is 0 Å². The highest BCUT2D eigenvalue weighted by atomic mass is 16.2. The van der Waals surface area contributed by atoms with Crippen LogP contribution in [0.1, 0.15) is 25.3 Å². The Bertz CT molecular complexity index is 424. The molecular weight excluding hydrogens is 204 g/mol. The zero-order valence-corrected chi connectivity index (χ0v) is 9.36. The molecular formula is C12H14N2O2. The third kappa shape index (κ3) is 1.78. The first-order valence-electron chi connectivity index (χ1n) is 5.30. The van der Waals surface area contributed by atoms with Crippen molar-refractivity contribution in [3.63, 3.8) is 0 Å². The zero-order chi connectivity index (χ0) is 11.7. The lowest BCUT2D eigenvalue weighted by molar-refractivity contribution is -0.115. The van der Waals surface area contributed by atoms with Gasteiger partial charge < -0.3 is 5.32 Å². The summed E-state index contributed by atoms with van der Waals surface area (Å²) >= 11 is 0. The highest BCUT2D eigenvalue weighted by Gasteiger charge is 2.29. The number of amides is 3. The van der Waals surface area contributed by atoms with Crippen LogP contribution in [0.4, 0.5) is 10.5 Å². The summed E-state index contributed by atoms with van der Waals surface area (Å²) in [6.45, 7) is 4.24. The molecule has 4 nitrogen and oxygen atoms in total. The number of urea groups is 1. The minimum absolute atomic E-state index is 0.0880. The Labute approximate surface area is 94.2 Å². The normalized spacial score (nSPS) is 15.8. The molecule has 0 unspecified atom stereocenters. The van der Waals surface area contributed by atoms with Crippen molar-refractivity contribution in [2.75, 3.05) is 11.4 Å². The van der Waals surface area contributed by atoms with Gasteiger partial charge in [-0.05, 0) is 23.6 Å². The fourth-order valence-electron chi connectivity index (χ4n) is 1.71. The molecule has 1 aromatic rings. The van der Waals surface area contributed by atoms with E-state index >= 15 is 0 Å². The lowest BCUT2D eigenvalue weighted by Crippen LogP contribution is -2.30. The van der Waals surface area contributed by atoms with Crippen molar-refractivity contribution in [3.05, 3.63) is 29.8 Å². The quantitative estimate of drug-likeness (QED) is 0.770. The maximum Gasteiger partial charge on any atom is 0.329 e. The number of benzene rings is 1. The molecule has 84 valence electrons. The molecule has 0 aliphatic carbocycles. The summed E-state index contributed by atoms with van der Waals surface area (Å²) in [6, 6.07) is 7.17. The van der Waals surface area contributed by atoms with Gasteiger partial charge >= 0.3 is 6.03 Å². The number of nitrogens with zero attached hydrogens (tertiary/aromatic N) is 1. The minimum atomic E-state index is -0.342. The predicted molar refractivity (Wildman–Crippen MR) is 61.4 cm³/mol. The van der Waals surface area contributed by atoms with E-state index in [9.17, 15) is 9.59 Å². The van der Waals surface area contributed by atoms with Crippen LogP contribution in [0.2, 0.25) is 0 Å². The Hall–Kier alpha value is -1.84. The van der Waals surface area contributed by atoms with Crippen LogP contribution in [0.25, 0.3) is 0 Å². The van der Waals surface area contributed by atoms with Gasteiger partial charge in [-0.1, -0.05) is 26.0 Å². The largest absolute Gasteiger partial charge is 0.329 e. The second kappa shape index (κ2) is 3.96. The summed E-state index contributed by atoms with van der Waals surface area (Å²) in [7, 11) is 0. The molecule has 0 radical (unpaired) electrons. The molecule has 4 heteroatoms. The second-order valence-corrected chi connectivity index (χ2v) is 4.14. The lowest BCUT2D eigenvalue weighted by atomic mass is 10.0. The molecule has 1 aromatic carbocycles. The number of imide groups is 1. The van der Waals surface area contributed by atoms with Gasteiger partial charge in [-0.2, -0.15) is 0 Å². The molecule has 3 amide bonds. The fraction of sp³-hybridized carbons (Fsp3) is 0.333. The van der Waals surface area contributed by atoms with Crippen molar-refractivity contribution < 1.29 is 9.59 Å². The molecule has 2 rings (SSSR count). The molecule has 1 heterocycles. The van der Waals surface area contributed by atoms with Gasteiger partial charge in [0.2, 0.25) is 0 Å². The van der Waals surface area contributed by atoms with Crippen LogP contribution in [0.3, 0.4) is 0 Å². The third-order valence-corrected chi connectivity index (χ3v) is 2.64. The van der Waals surface area contributed by atoms with Crippen LogP contribution >= 0.6 is 0 Å². The summed E-state index contributed by atoms with van der Waals surface area (Å²) in [5.41, 5.74) is 1.76. The Balaban J connectivity index is 2.36. The van der Waals surface area contributed by atoms with Gasteiger partial charge in [0, 0.05) is 0 Å². The Morgan fingerprint density at radius 2 is 2.06 bits per heavy atom. The summed E-state index contributed by atoms with van der Waals surface area (Å²) in [6.07, 6.45) is 0. The van der Waals surface area contributed by atoms with Gasteiger partial charge in [-0.3, -0.25) is 4.79 Å². The molecule has 1 aliphatic rings. The molecule has 0 aromatic heterocycles. The van der Waals surface area contributed by atoms with Crippen molar-refractivity contribution in [2.24, 2.45) is 0 Å². The highest BCUT2D eigenvalue weighted by Crippen LogP contribution is 2.22. The van der Waals surface area contributed by atoms with Crippen LogP contribution in [0.15, 0.2) is 24.3 Å². The van der Waals surface area contributed by atoms with Crippen LogP contribution < -0.4 is 10.2 Å². The number of hydrogen-bond donors (Lipinski definition) is 1. The van der Waals surface area contributed by atoms with Gasteiger partial charge in [0.25, 0.3) is 5.91 Å². The third-order valence-electron chi connectivity index (χ3n) is 2.64. The standard InChI is InChI=1S/C12H14N2O2/c1-8(2)9-4-3-5-10(6-9)14-11(15)7-13-12(14)16/h3-6,8H,7H2,1-2H3,(H,13,16). The van der Waals surface area contributed by atoms with Gasteiger partial charge in [0.1, 0.15) is 0 Å². The molecule has 1 N–H and O–H groups in total. The van der Waals surface area contributed by atoms with E-state index in [0.717, 1.165) is 5.56 Å². The molecule has 1 fully saturated rings. The molecule has 0 atom stereocenters. The van der Waals surface area contributed by atoms with Gasteiger partial charge in [0.05, 0.1) is 12.2 Å². The molecule has 1 aliphatic heterocycles. The van der Waals surface area contributed by atoms with Crippen molar-refractivity contribution in [3.8, 4) is 0 Å². The number of rotatable bonds is 2. The predicted octanol–water partition coefficient (Wildman–Crippen LogP) is 1.87. The first kappa shape index (κ1) is 10.7. The van der Waals surface area contributed by atoms with Gasteiger partial charge in [-0.25, -0.2) is 9.69 Å². The maximum atomic E-state index is 11.5. The Morgan fingerprint density at radius 1 is 1.31 bits per heavy atom. The van der Waals surface area contributed by atoms with Crippen LogP contribution in [-0.4, -0.2) is 18.5 Å². The average molecular weight is 218 g/mol. The van der Waals surface area contributed by atoms with E-state index in [4.69, 9.17) is 0 Å². The Kier molecular flexibility index (Phi) is 2.64. The topological polar surface area (TPSA) is 49.4 Å². The second-order valence-electron chi connectivity index (χ2n) is 4.14. The SMILES string of the molecule is CC(C)c1cccc(N2C(=O)CNC2=O)c1. The van der Waals surface area contributed by atoms with E-state index in [1.807, 2.05) is 18.2 Å². The first-order valence-corrected chi connectivity index (χ1v) is 5.30. The van der Waals surface area contributed by atoms with Crippen LogP contribution in [0, 0.1) is 0 Å². The summed E-state index contributed by atoms with van der Waals surface area (Å²) in [4.78, 5) is 24.2. The van der Waals surface area contributed by atoms with E-state index in [2.05, 4.69) is 19.2 Å². The molecule has 0 bridgehead atoms. The van der Waals surface area contributed by atoms with Crippen LogP contribution in [-0.2, 0) is 4.79 Å². The summed E-state index contributed by atoms with van der Waals surface area (Å²) < 4.78 is 0. The highest BCUT2D eigenvalue weighted by molar-refractivity contribution is 6.19. The molecule has 0 spiro atoms. The number of hydrogen-bond acceptors (Lipinski definition) is 2. The van der Waals surface area contributed by atoms with E-state index < -0.39 is 0 Å². The van der Waals surface area contributed by atoms with Crippen LogP contribution in [0.5, 0.6) is 0 Å². The van der Waals surface area contributed by atoms with E-state index in [1.54, 1.807) is 6.07 Å². The number of carbonyl (C=O) groups excluding carboxylic acids is 2. The van der Waals surface area contributed by atoms with Gasteiger partial charge in [-0.15, -0.1) is 0 Å². The van der Waals surface area contributed by atoms with E-state index in [-0.39, 0.29) is 18.5 Å². The maximum absolute atomic E-state index is 11.5. The average Bonchev–Trinajstić information content (AvgIpc) is 2.59.